The number of amides is 2. The van der Waals surface area contributed by atoms with Crippen LogP contribution in [0.25, 0.3) is 0 Å². The van der Waals surface area contributed by atoms with Gasteiger partial charge in [-0.15, -0.1) is 0 Å². The van der Waals surface area contributed by atoms with Crippen molar-refractivity contribution in [2.24, 2.45) is 5.73 Å². The van der Waals surface area contributed by atoms with Gasteiger partial charge in [-0.2, -0.15) is 0 Å². The number of thiocarbonyl (C=S) groups is 1. The van der Waals surface area contributed by atoms with E-state index in [0.717, 1.165) is 5.56 Å². The van der Waals surface area contributed by atoms with Gasteiger partial charge in [-0.3, -0.25) is 14.5 Å². The van der Waals surface area contributed by atoms with E-state index in [9.17, 15) is 9.59 Å². The van der Waals surface area contributed by atoms with Gasteiger partial charge in [-0.1, -0.05) is 12.2 Å². The molecule has 0 saturated heterocycles. The van der Waals surface area contributed by atoms with Crippen molar-refractivity contribution in [1.82, 2.24) is 10.2 Å². The largest absolute Gasteiger partial charge is 0.389 e. The maximum atomic E-state index is 11.8. The molecule has 0 atom stereocenters. The minimum absolute atomic E-state index is 0.103. The van der Waals surface area contributed by atoms with Gasteiger partial charge in [0.1, 0.15) is 4.99 Å². The van der Waals surface area contributed by atoms with Crippen molar-refractivity contribution in [2.75, 3.05) is 32.0 Å². The molecule has 0 radical (unpaired) electrons. The molecule has 7 heteroatoms. The Labute approximate surface area is 129 Å². The summed E-state index contributed by atoms with van der Waals surface area (Å²) in [7, 11) is 1.71. The average Bonchev–Trinajstić information content (AvgIpc) is 2.38. The zero-order valence-corrected chi connectivity index (χ0v) is 13.0. The van der Waals surface area contributed by atoms with Gasteiger partial charge in [-0.25, -0.2) is 0 Å². The summed E-state index contributed by atoms with van der Waals surface area (Å²) in [6.07, 6.45) is 0. The van der Waals surface area contributed by atoms with Crippen molar-refractivity contribution in [3.8, 4) is 0 Å². The van der Waals surface area contributed by atoms with Crippen LogP contribution in [0.4, 0.5) is 5.69 Å². The number of hydrogen-bond acceptors (Lipinski definition) is 4. The van der Waals surface area contributed by atoms with Crippen LogP contribution in [0, 0.1) is 0 Å². The van der Waals surface area contributed by atoms with E-state index in [1.807, 2.05) is 6.92 Å². The van der Waals surface area contributed by atoms with Gasteiger partial charge in [0.15, 0.2) is 0 Å². The standard InChI is InChI=1S/C14H20N4O2S/c1-3-16-12(19)8-18(2)9-13(20)17-11-6-4-10(5-7-11)14(15)21/h4-7H,3,8-9H2,1-2H3,(H2,15,21)(H,16,19)(H,17,20). The summed E-state index contributed by atoms with van der Waals surface area (Å²) in [6, 6.07) is 6.96. The summed E-state index contributed by atoms with van der Waals surface area (Å²) in [5.41, 5.74) is 6.91. The minimum atomic E-state index is -0.190. The fourth-order valence-electron chi connectivity index (χ4n) is 1.72. The highest BCUT2D eigenvalue weighted by Crippen LogP contribution is 2.09. The van der Waals surface area contributed by atoms with Crippen LogP contribution in [0.15, 0.2) is 24.3 Å². The fourth-order valence-corrected chi connectivity index (χ4v) is 1.85. The van der Waals surface area contributed by atoms with Crippen LogP contribution in [0.2, 0.25) is 0 Å². The van der Waals surface area contributed by atoms with E-state index in [0.29, 0.717) is 17.2 Å². The van der Waals surface area contributed by atoms with Crippen LogP contribution < -0.4 is 16.4 Å². The molecule has 0 spiro atoms. The van der Waals surface area contributed by atoms with Gasteiger partial charge < -0.3 is 16.4 Å². The summed E-state index contributed by atoms with van der Waals surface area (Å²) in [5.74, 6) is -0.293. The van der Waals surface area contributed by atoms with Crippen LogP contribution in [0.1, 0.15) is 12.5 Å². The van der Waals surface area contributed by atoms with E-state index >= 15 is 0 Å². The molecule has 6 nitrogen and oxygen atoms in total. The molecule has 0 heterocycles. The summed E-state index contributed by atoms with van der Waals surface area (Å²) in [6.45, 7) is 2.74. The van der Waals surface area contributed by atoms with E-state index < -0.39 is 0 Å². The molecule has 1 aromatic carbocycles. The van der Waals surface area contributed by atoms with Gasteiger partial charge in [0.05, 0.1) is 13.1 Å². The SMILES string of the molecule is CCNC(=O)CN(C)CC(=O)Nc1ccc(C(N)=S)cc1. The fraction of sp³-hybridized carbons (Fsp3) is 0.357. The number of benzene rings is 1. The Bertz CT molecular complexity index is 516. The predicted octanol–water partition coefficient (Wildman–Crippen LogP) is 0.327. The Morgan fingerprint density at radius 1 is 1.19 bits per heavy atom. The predicted molar refractivity (Wildman–Crippen MR) is 87.1 cm³/mol. The van der Waals surface area contributed by atoms with E-state index in [-0.39, 0.29) is 24.9 Å². The molecule has 114 valence electrons. The molecule has 21 heavy (non-hydrogen) atoms. The molecule has 0 aromatic heterocycles. The zero-order valence-electron chi connectivity index (χ0n) is 12.2. The normalized spacial score (nSPS) is 10.2. The smallest absolute Gasteiger partial charge is 0.238 e. The Balaban J connectivity index is 2.46. The number of likely N-dealkylation sites (N-methyl/N-ethyl adjacent to an activating group) is 2. The number of carbonyl (C=O) groups excluding carboxylic acids is 2. The van der Waals surface area contributed by atoms with Crippen molar-refractivity contribution in [1.29, 1.82) is 0 Å². The van der Waals surface area contributed by atoms with Crippen LogP contribution in [-0.4, -0.2) is 48.4 Å². The molecule has 4 N–H and O–H groups in total. The van der Waals surface area contributed by atoms with Crippen molar-refractivity contribution in [3.05, 3.63) is 29.8 Å². The van der Waals surface area contributed by atoms with Crippen molar-refractivity contribution in [2.45, 2.75) is 6.92 Å². The van der Waals surface area contributed by atoms with Gasteiger partial charge in [0.25, 0.3) is 0 Å². The Morgan fingerprint density at radius 2 is 1.76 bits per heavy atom. The maximum Gasteiger partial charge on any atom is 0.238 e. The van der Waals surface area contributed by atoms with Crippen molar-refractivity contribution in [3.63, 3.8) is 0 Å². The molecular formula is C14H20N4O2S. The Kier molecular flexibility index (Phi) is 6.77. The number of nitrogens with two attached hydrogens (primary N) is 1. The first-order chi connectivity index (χ1) is 9.92. The maximum absolute atomic E-state index is 11.8. The van der Waals surface area contributed by atoms with Gasteiger partial charge in [-0.05, 0) is 38.2 Å². The van der Waals surface area contributed by atoms with E-state index in [1.54, 1.807) is 36.2 Å². The molecule has 0 aliphatic heterocycles. The summed E-state index contributed by atoms with van der Waals surface area (Å²) < 4.78 is 0. The third kappa shape index (κ3) is 6.33. The van der Waals surface area contributed by atoms with Crippen molar-refractivity contribution >= 4 is 34.7 Å². The average molecular weight is 308 g/mol. The van der Waals surface area contributed by atoms with Crippen LogP contribution >= 0.6 is 12.2 Å². The summed E-state index contributed by atoms with van der Waals surface area (Å²) in [5, 5.41) is 5.43. The first-order valence-electron chi connectivity index (χ1n) is 6.57. The third-order valence-corrected chi connectivity index (χ3v) is 2.89. The second-order valence-electron chi connectivity index (χ2n) is 4.62. The number of hydrogen-bond donors (Lipinski definition) is 3. The van der Waals surface area contributed by atoms with Gasteiger partial charge >= 0.3 is 0 Å². The molecule has 0 aliphatic carbocycles. The van der Waals surface area contributed by atoms with Gasteiger partial charge in [0, 0.05) is 17.8 Å². The number of carbonyl (C=O) groups is 2. The minimum Gasteiger partial charge on any atom is -0.389 e. The lowest BCUT2D eigenvalue weighted by Gasteiger charge is -2.15. The first kappa shape index (κ1) is 17.1. The summed E-state index contributed by atoms with van der Waals surface area (Å²) >= 11 is 4.86. The van der Waals surface area contributed by atoms with E-state index in [1.165, 1.54) is 0 Å². The second-order valence-corrected chi connectivity index (χ2v) is 5.06. The molecule has 1 rings (SSSR count). The lowest BCUT2D eigenvalue weighted by Crippen LogP contribution is -2.38. The van der Waals surface area contributed by atoms with Crippen LogP contribution in [-0.2, 0) is 9.59 Å². The molecular weight excluding hydrogens is 288 g/mol. The Hall–Kier alpha value is -1.99. The lowest BCUT2D eigenvalue weighted by molar-refractivity contribution is -0.122. The molecule has 2 amide bonds. The zero-order chi connectivity index (χ0) is 15.8. The molecule has 0 unspecified atom stereocenters. The van der Waals surface area contributed by atoms with Crippen molar-refractivity contribution < 1.29 is 9.59 Å². The topological polar surface area (TPSA) is 87.5 Å². The highest BCUT2D eigenvalue weighted by Gasteiger charge is 2.10. The summed E-state index contributed by atoms with van der Waals surface area (Å²) in [4.78, 5) is 25.2. The molecule has 0 bridgehead atoms. The van der Waals surface area contributed by atoms with E-state index in [4.69, 9.17) is 18.0 Å². The quantitative estimate of drug-likeness (QED) is 0.632. The monoisotopic (exact) mass is 308 g/mol. The number of rotatable bonds is 7. The molecule has 1 aromatic rings. The first-order valence-corrected chi connectivity index (χ1v) is 6.98. The number of nitrogens with one attached hydrogen (secondary N) is 2. The number of nitrogens with zero attached hydrogens (tertiary/aromatic N) is 1. The second kappa shape index (κ2) is 8.33. The highest BCUT2D eigenvalue weighted by atomic mass is 32.1. The molecule has 0 fully saturated rings. The number of anilines is 1. The van der Waals surface area contributed by atoms with Crippen LogP contribution in [0.5, 0.6) is 0 Å². The van der Waals surface area contributed by atoms with E-state index in [2.05, 4.69) is 10.6 Å². The van der Waals surface area contributed by atoms with Crippen LogP contribution in [0.3, 0.4) is 0 Å². The Morgan fingerprint density at radius 3 is 2.29 bits per heavy atom. The third-order valence-electron chi connectivity index (χ3n) is 2.65. The molecule has 0 saturated carbocycles. The molecule has 0 aliphatic rings. The lowest BCUT2D eigenvalue weighted by atomic mass is 10.2. The highest BCUT2D eigenvalue weighted by molar-refractivity contribution is 7.80. The van der Waals surface area contributed by atoms with Gasteiger partial charge in [0.2, 0.25) is 11.8 Å².